The highest BCUT2D eigenvalue weighted by Crippen LogP contribution is 2.37. The quantitative estimate of drug-likeness (QED) is 0.0931. The molecule has 3 saturated heterocycles. The summed E-state index contributed by atoms with van der Waals surface area (Å²) >= 11 is 2.83. The number of ketones is 5. The van der Waals surface area contributed by atoms with E-state index in [2.05, 4.69) is 22.9 Å². The molecule has 0 aromatic carbocycles. The SMILES string of the molecule is C.C.CC(C)CC=O.CCC(C)=O.CCCC=O.CCCCCC=O.O=C1CCC2(CCCO2)CC1.O=C1CCCCC1.O=C1CCN(C(=O)Br)CC1.O=C1CCOCC1. The molecule has 0 aromatic rings. The second-order valence-corrected chi connectivity index (χ2v) is 15.9. The topological polar surface area (TPSA) is 175 Å². The molecule has 5 fully saturated rings. The largest absolute Gasteiger partial charge is 0.381 e. The van der Waals surface area contributed by atoms with E-state index in [0.29, 0.717) is 94.5 Å². The summed E-state index contributed by atoms with van der Waals surface area (Å²) in [5.41, 5.74) is 0.133. The lowest BCUT2D eigenvalue weighted by Gasteiger charge is -2.31. The number of likely N-dealkylation sites (tertiary alicyclic amines) is 1. The van der Waals surface area contributed by atoms with Gasteiger partial charge in [0.15, 0.2) is 0 Å². The van der Waals surface area contributed by atoms with Gasteiger partial charge in [0.25, 0.3) is 4.82 Å². The van der Waals surface area contributed by atoms with Crippen molar-refractivity contribution in [1.82, 2.24) is 4.90 Å². The molecule has 0 bridgehead atoms. The van der Waals surface area contributed by atoms with E-state index in [0.717, 1.165) is 96.1 Å². The zero-order chi connectivity index (χ0) is 44.5. The van der Waals surface area contributed by atoms with Crippen LogP contribution >= 0.6 is 15.9 Å². The second kappa shape index (κ2) is 47.3. The molecule has 5 aliphatic rings. The Morgan fingerprint density at radius 3 is 1.42 bits per heavy atom. The Labute approximate surface area is 373 Å². The van der Waals surface area contributed by atoms with Crippen LogP contribution in [0.15, 0.2) is 0 Å². The van der Waals surface area contributed by atoms with Gasteiger partial charge in [0, 0.05) is 113 Å². The normalized spacial score (nSPS) is 17.1. The van der Waals surface area contributed by atoms with Crippen molar-refractivity contribution in [2.24, 2.45) is 5.92 Å². The van der Waals surface area contributed by atoms with Gasteiger partial charge in [-0.1, -0.05) is 68.7 Å². The maximum atomic E-state index is 10.9. The molecule has 1 spiro atoms. The Morgan fingerprint density at radius 1 is 0.650 bits per heavy atom. The summed E-state index contributed by atoms with van der Waals surface area (Å²) in [6, 6.07) is 0. The van der Waals surface area contributed by atoms with Gasteiger partial charge in [-0.25, -0.2) is 0 Å². The van der Waals surface area contributed by atoms with Crippen LogP contribution in [0.4, 0.5) is 4.79 Å². The standard InChI is InChI=1S/C9H14O2.C6H8BrNO2.C6H10O.C6H12O.C5H8O2.C5H10O.2C4H8O.2CH4/c10-8-2-5-9(6-3-8)4-1-7-11-9;7-6(10)8-3-1-5(9)2-4-8;7-6-4-2-1-3-5-6;1-2-3-4-5-6-7;6-5-1-3-7-4-2-5;1-5(2)3-4-6;1-3-4(2)5;1-2-3-4-5;;/h1-7H2;1-4H2;1-5H2;6H,2-5H2,1H3;1-4H2;4-5H,3H2,1-2H3;3H2,1-2H3;4H,2-3H2,1H3;2*1H4. The zero-order valence-corrected chi connectivity index (χ0v) is 38.5. The molecule has 3 heterocycles. The fraction of sp³-hybridized carbons (Fsp3) is 0.809. The maximum Gasteiger partial charge on any atom is 0.289 e. The minimum Gasteiger partial charge on any atom is -0.381 e. The van der Waals surface area contributed by atoms with Gasteiger partial charge in [-0.2, -0.15) is 0 Å². The number of aldehydes is 3. The molecule has 0 aromatic heterocycles. The molecular weight excluding hydrogens is 834 g/mol. The lowest BCUT2D eigenvalue weighted by Crippen LogP contribution is -2.35. The Morgan fingerprint density at radius 2 is 1.13 bits per heavy atom. The first-order valence-electron chi connectivity index (χ1n) is 21.7. The predicted molar refractivity (Wildman–Crippen MR) is 246 cm³/mol. The van der Waals surface area contributed by atoms with E-state index >= 15 is 0 Å². The lowest BCUT2D eigenvalue weighted by atomic mass is 9.82. The molecule has 13 heteroatoms. The van der Waals surface area contributed by atoms with Crippen LogP contribution in [0.3, 0.4) is 0 Å². The van der Waals surface area contributed by atoms with Crippen molar-refractivity contribution in [3.05, 3.63) is 0 Å². The van der Waals surface area contributed by atoms with E-state index in [4.69, 9.17) is 9.47 Å². The molecule has 352 valence electrons. The lowest BCUT2D eigenvalue weighted by molar-refractivity contribution is -0.126. The van der Waals surface area contributed by atoms with Crippen LogP contribution in [-0.4, -0.2) is 96.0 Å². The van der Waals surface area contributed by atoms with Gasteiger partial charge < -0.3 is 33.6 Å². The highest BCUT2D eigenvalue weighted by molar-refractivity contribution is 9.18. The number of carbonyl (C=O) groups is 9. The third-order valence-electron chi connectivity index (χ3n) is 9.33. The molecule has 12 nitrogen and oxygen atoms in total. The first-order chi connectivity index (χ1) is 27.7. The number of ether oxygens (including phenoxy) is 2. The minimum atomic E-state index is -0.111. The number of hydrogen-bond donors (Lipinski definition) is 0. The molecule has 2 aliphatic carbocycles. The van der Waals surface area contributed by atoms with Crippen molar-refractivity contribution in [3.8, 4) is 0 Å². The molecule has 2 saturated carbocycles. The van der Waals surface area contributed by atoms with Crippen LogP contribution in [0.25, 0.3) is 0 Å². The summed E-state index contributed by atoms with van der Waals surface area (Å²) in [5, 5.41) is 0. The average molecular weight is 921 g/mol. The molecule has 5 rings (SSSR count). The number of amides is 1. The predicted octanol–water partition coefficient (Wildman–Crippen LogP) is 11.0. The number of rotatable bonds is 9. The van der Waals surface area contributed by atoms with E-state index in [9.17, 15) is 43.2 Å². The zero-order valence-electron chi connectivity index (χ0n) is 36.9. The average Bonchev–Trinajstić information content (AvgIpc) is 3.67. The number of halogens is 1. The number of carbonyl (C=O) groups excluding carboxylic acids is 9. The summed E-state index contributed by atoms with van der Waals surface area (Å²) in [4.78, 5) is 93.1. The van der Waals surface area contributed by atoms with Crippen molar-refractivity contribution < 1.29 is 52.6 Å². The van der Waals surface area contributed by atoms with Crippen molar-refractivity contribution in [1.29, 1.82) is 0 Å². The summed E-state index contributed by atoms with van der Waals surface area (Å²) in [7, 11) is 0. The van der Waals surface area contributed by atoms with Gasteiger partial charge in [-0.05, 0) is 64.2 Å². The van der Waals surface area contributed by atoms with Crippen LogP contribution in [0, 0.1) is 5.92 Å². The van der Waals surface area contributed by atoms with E-state index in [-0.39, 0.29) is 36.8 Å². The van der Waals surface area contributed by atoms with Crippen LogP contribution in [0.2, 0.25) is 0 Å². The Hall–Kier alpha value is -2.77. The summed E-state index contributed by atoms with van der Waals surface area (Å²) in [6.07, 6.45) is 23.5. The van der Waals surface area contributed by atoms with Gasteiger partial charge in [0.05, 0.1) is 18.8 Å². The number of hydrogen-bond acceptors (Lipinski definition) is 11. The van der Waals surface area contributed by atoms with Crippen LogP contribution in [-0.2, 0) is 47.8 Å². The highest BCUT2D eigenvalue weighted by Gasteiger charge is 2.38. The maximum absolute atomic E-state index is 10.9. The Kier molecular flexibility index (Phi) is 52.3. The highest BCUT2D eigenvalue weighted by atomic mass is 79.9. The minimum absolute atomic E-state index is 0. The van der Waals surface area contributed by atoms with Crippen molar-refractivity contribution >= 4 is 68.5 Å². The van der Waals surface area contributed by atoms with Crippen molar-refractivity contribution in [2.75, 3.05) is 32.9 Å². The first-order valence-corrected chi connectivity index (χ1v) is 22.5. The van der Waals surface area contributed by atoms with Crippen molar-refractivity contribution in [3.63, 3.8) is 0 Å². The molecule has 0 radical (unpaired) electrons. The van der Waals surface area contributed by atoms with Crippen LogP contribution in [0.1, 0.15) is 204 Å². The van der Waals surface area contributed by atoms with Crippen molar-refractivity contribution in [2.45, 2.75) is 210 Å². The molecule has 3 aliphatic heterocycles. The fourth-order valence-electron chi connectivity index (χ4n) is 5.40. The number of Topliss-reactive ketones (excluding diaryl/α,β-unsaturated/α-hetero) is 5. The molecule has 0 atom stereocenters. The van der Waals surface area contributed by atoms with Gasteiger partial charge in [-0.15, -0.1) is 0 Å². The summed E-state index contributed by atoms with van der Waals surface area (Å²) in [6.45, 7) is 14.9. The molecule has 1 amide bonds. The van der Waals surface area contributed by atoms with E-state index in [1.54, 1.807) is 11.8 Å². The van der Waals surface area contributed by atoms with Crippen LogP contribution < -0.4 is 0 Å². The van der Waals surface area contributed by atoms with Gasteiger partial charge in [-0.3, -0.25) is 24.0 Å². The molecule has 0 unspecified atom stereocenters. The molecule has 60 heavy (non-hydrogen) atoms. The second-order valence-electron chi connectivity index (χ2n) is 15.2. The number of piperidine rings is 1. The fourth-order valence-corrected chi connectivity index (χ4v) is 5.75. The third kappa shape index (κ3) is 46.3. The molecule has 0 N–H and O–H groups in total. The van der Waals surface area contributed by atoms with E-state index < -0.39 is 0 Å². The smallest absolute Gasteiger partial charge is 0.289 e. The number of nitrogens with zero attached hydrogens (tertiary/aromatic N) is 1. The van der Waals surface area contributed by atoms with Gasteiger partial charge >= 0.3 is 0 Å². The monoisotopic (exact) mass is 920 g/mol. The summed E-state index contributed by atoms with van der Waals surface area (Å²) < 4.78 is 10.6. The van der Waals surface area contributed by atoms with Gasteiger partial charge in [0.1, 0.15) is 47.8 Å². The van der Waals surface area contributed by atoms with E-state index in [1.165, 1.54) is 32.1 Å². The van der Waals surface area contributed by atoms with E-state index in [1.807, 2.05) is 27.7 Å². The Balaban J connectivity index is -0.000000194. The van der Waals surface area contributed by atoms with Gasteiger partial charge in [0.2, 0.25) is 0 Å². The summed E-state index contributed by atoms with van der Waals surface area (Å²) in [5.74, 6) is 2.26. The third-order valence-corrected chi connectivity index (χ3v) is 9.83. The number of unbranched alkanes of at least 4 members (excludes halogenated alkanes) is 4. The first kappa shape index (κ1) is 66.3. The Bertz CT molecular complexity index is 1080. The van der Waals surface area contributed by atoms with Crippen LogP contribution in [0.5, 0.6) is 0 Å². The molecular formula is C47H86BrNO11.